The normalized spacial score (nSPS) is 31.3. The van der Waals surface area contributed by atoms with Crippen molar-refractivity contribution in [3.8, 4) is 0 Å². The summed E-state index contributed by atoms with van der Waals surface area (Å²) in [6.07, 6.45) is 8.07. The molecule has 0 bridgehead atoms. The van der Waals surface area contributed by atoms with Crippen LogP contribution in [0.2, 0.25) is 0 Å². The van der Waals surface area contributed by atoms with Gasteiger partial charge in [0.05, 0.1) is 6.10 Å². The second-order valence-electron chi connectivity index (χ2n) is 6.08. The van der Waals surface area contributed by atoms with Crippen LogP contribution in [0.3, 0.4) is 0 Å². The summed E-state index contributed by atoms with van der Waals surface area (Å²) in [5, 5.41) is 6.45. The van der Waals surface area contributed by atoms with Crippen LogP contribution in [0.5, 0.6) is 0 Å². The van der Waals surface area contributed by atoms with Crippen LogP contribution in [0.4, 0.5) is 0 Å². The van der Waals surface area contributed by atoms with E-state index in [0.717, 1.165) is 38.9 Å². The molecule has 1 atom stereocenters. The molecule has 19 heavy (non-hydrogen) atoms. The number of carbonyl (C=O) groups excluding carboxylic acids is 1. The summed E-state index contributed by atoms with van der Waals surface area (Å²) in [5.41, 5.74) is 0. The van der Waals surface area contributed by atoms with Crippen molar-refractivity contribution in [3.63, 3.8) is 0 Å². The second kappa shape index (κ2) is 7.85. The molecular weight excluding hydrogens is 240 g/mol. The van der Waals surface area contributed by atoms with E-state index in [1.165, 1.54) is 19.3 Å². The monoisotopic (exact) mass is 268 g/mol. The Bertz CT molecular complexity index is 269. The van der Waals surface area contributed by atoms with Crippen molar-refractivity contribution in [2.45, 2.75) is 51.0 Å². The Morgan fingerprint density at radius 3 is 2.63 bits per heavy atom. The van der Waals surface area contributed by atoms with Crippen LogP contribution in [0.25, 0.3) is 0 Å². The molecule has 2 fully saturated rings. The van der Waals surface area contributed by atoms with Crippen LogP contribution in [-0.2, 0) is 9.53 Å². The highest BCUT2D eigenvalue weighted by Crippen LogP contribution is 2.25. The van der Waals surface area contributed by atoms with Crippen LogP contribution < -0.4 is 10.6 Å². The van der Waals surface area contributed by atoms with Crippen LogP contribution in [0.15, 0.2) is 0 Å². The molecule has 1 aliphatic carbocycles. The highest BCUT2D eigenvalue weighted by Gasteiger charge is 2.21. The van der Waals surface area contributed by atoms with Crippen molar-refractivity contribution in [2.24, 2.45) is 11.8 Å². The molecule has 4 nitrogen and oxygen atoms in total. The maximum Gasteiger partial charge on any atom is 0.220 e. The molecule has 2 rings (SSSR count). The third kappa shape index (κ3) is 5.11. The van der Waals surface area contributed by atoms with Gasteiger partial charge >= 0.3 is 0 Å². The van der Waals surface area contributed by atoms with E-state index < -0.39 is 0 Å². The quantitative estimate of drug-likeness (QED) is 0.771. The zero-order valence-electron chi connectivity index (χ0n) is 12.1. The van der Waals surface area contributed by atoms with Gasteiger partial charge in [0.2, 0.25) is 5.91 Å². The van der Waals surface area contributed by atoms with E-state index in [2.05, 4.69) is 10.6 Å². The van der Waals surface area contributed by atoms with E-state index >= 15 is 0 Å². The lowest BCUT2D eigenvalue weighted by Crippen LogP contribution is -2.32. The maximum atomic E-state index is 11.8. The van der Waals surface area contributed by atoms with Gasteiger partial charge in [0.15, 0.2) is 0 Å². The first-order valence-corrected chi connectivity index (χ1v) is 7.78. The van der Waals surface area contributed by atoms with Gasteiger partial charge < -0.3 is 15.4 Å². The van der Waals surface area contributed by atoms with E-state index in [4.69, 9.17) is 4.74 Å². The van der Waals surface area contributed by atoms with Gasteiger partial charge in [-0.15, -0.1) is 0 Å². The number of carbonyl (C=O) groups is 1. The Balaban J connectivity index is 1.53. The molecule has 1 aliphatic heterocycles. The van der Waals surface area contributed by atoms with Crippen LogP contribution >= 0.6 is 0 Å². The molecule has 0 radical (unpaired) electrons. The van der Waals surface area contributed by atoms with Gasteiger partial charge in [0.1, 0.15) is 0 Å². The Hall–Kier alpha value is -0.610. The fraction of sp³-hybridized carbons (Fsp3) is 0.933. The molecule has 0 aromatic heterocycles. The number of hydrogen-bond acceptors (Lipinski definition) is 3. The summed E-state index contributed by atoms with van der Waals surface area (Å²) >= 11 is 0. The summed E-state index contributed by atoms with van der Waals surface area (Å²) in [7, 11) is 1.80. The third-order valence-electron chi connectivity index (χ3n) is 4.66. The minimum atomic E-state index is 0.237. The average molecular weight is 268 g/mol. The van der Waals surface area contributed by atoms with Gasteiger partial charge in [-0.1, -0.05) is 0 Å². The van der Waals surface area contributed by atoms with Crippen molar-refractivity contribution in [2.75, 3.05) is 26.7 Å². The number of rotatable bonds is 6. The first-order valence-electron chi connectivity index (χ1n) is 7.78. The highest BCUT2D eigenvalue weighted by atomic mass is 16.5. The van der Waals surface area contributed by atoms with Gasteiger partial charge in [-0.05, 0) is 63.5 Å². The molecule has 1 unspecified atom stereocenters. The molecule has 1 saturated heterocycles. The summed E-state index contributed by atoms with van der Waals surface area (Å²) < 4.78 is 5.37. The topological polar surface area (TPSA) is 50.4 Å². The maximum absolute atomic E-state index is 11.8. The van der Waals surface area contributed by atoms with Crippen molar-refractivity contribution in [1.29, 1.82) is 0 Å². The predicted octanol–water partition coefficient (Wildman–Crippen LogP) is 1.70. The number of amides is 1. The third-order valence-corrected chi connectivity index (χ3v) is 4.66. The fourth-order valence-corrected chi connectivity index (χ4v) is 3.21. The Morgan fingerprint density at radius 2 is 2.00 bits per heavy atom. The standard InChI is InChI=1S/C15H28N2O2/c1-19-14-5-2-12(3-6-14)11-17-15(18)7-4-13-8-9-16-10-13/h12-14,16H,2-11H2,1H3,(H,17,18). The van der Waals surface area contributed by atoms with Gasteiger partial charge in [-0.2, -0.15) is 0 Å². The molecule has 2 N–H and O–H groups in total. The van der Waals surface area contributed by atoms with Crippen LogP contribution in [0, 0.1) is 11.8 Å². The molecule has 1 amide bonds. The van der Waals surface area contributed by atoms with Crippen molar-refractivity contribution >= 4 is 5.91 Å². The minimum Gasteiger partial charge on any atom is -0.381 e. The van der Waals surface area contributed by atoms with Crippen LogP contribution in [0.1, 0.15) is 44.9 Å². The Labute approximate surface area is 116 Å². The highest BCUT2D eigenvalue weighted by molar-refractivity contribution is 5.75. The first kappa shape index (κ1) is 14.8. The molecule has 0 spiro atoms. The molecule has 2 aliphatic rings. The average Bonchev–Trinajstić information content (AvgIpc) is 2.96. The van der Waals surface area contributed by atoms with Crippen molar-refractivity contribution in [3.05, 3.63) is 0 Å². The smallest absolute Gasteiger partial charge is 0.220 e. The zero-order chi connectivity index (χ0) is 13.5. The molecular formula is C15H28N2O2. The summed E-state index contributed by atoms with van der Waals surface area (Å²) in [5.74, 6) is 1.60. The lowest BCUT2D eigenvalue weighted by atomic mass is 9.87. The van der Waals surface area contributed by atoms with Gasteiger partial charge in [0.25, 0.3) is 0 Å². The molecule has 4 heteroatoms. The predicted molar refractivity (Wildman–Crippen MR) is 76.0 cm³/mol. The van der Waals surface area contributed by atoms with E-state index in [1.807, 2.05) is 0 Å². The lowest BCUT2D eigenvalue weighted by Gasteiger charge is -2.27. The van der Waals surface area contributed by atoms with E-state index in [1.54, 1.807) is 7.11 Å². The molecule has 1 saturated carbocycles. The van der Waals surface area contributed by atoms with Crippen molar-refractivity contribution in [1.82, 2.24) is 10.6 Å². The molecule has 0 aromatic carbocycles. The Kier molecular flexibility index (Phi) is 6.11. The van der Waals surface area contributed by atoms with Crippen molar-refractivity contribution < 1.29 is 9.53 Å². The van der Waals surface area contributed by atoms with Gasteiger partial charge in [-0.25, -0.2) is 0 Å². The summed E-state index contributed by atoms with van der Waals surface area (Å²) in [6, 6.07) is 0. The number of hydrogen-bond donors (Lipinski definition) is 2. The molecule has 0 aromatic rings. The zero-order valence-corrected chi connectivity index (χ0v) is 12.1. The van der Waals surface area contributed by atoms with Gasteiger partial charge in [0, 0.05) is 20.1 Å². The molecule has 110 valence electrons. The van der Waals surface area contributed by atoms with E-state index in [0.29, 0.717) is 24.4 Å². The number of ether oxygens (including phenoxy) is 1. The summed E-state index contributed by atoms with van der Waals surface area (Å²) in [4.78, 5) is 11.8. The fourth-order valence-electron chi connectivity index (χ4n) is 3.21. The summed E-state index contributed by atoms with van der Waals surface area (Å²) in [6.45, 7) is 3.07. The van der Waals surface area contributed by atoms with E-state index in [-0.39, 0.29) is 5.91 Å². The van der Waals surface area contributed by atoms with E-state index in [9.17, 15) is 4.79 Å². The SMILES string of the molecule is COC1CCC(CNC(=O)CCC2CCNC2)CC1. The number of methoxy groups -OCH3 is 1. The van der Waals surface area contributed by atoms with Crippen LogP contribution in [-0.4, -0.2) is 38.8 Å². The Morgan fingerprint density at radius 1 is 1.21 bits per heavy atom. The first-order chi connectivity index (χ1) is 9.28. The lowest BCUT2D eigenvalue weighted by molar-refractivity contribution is -0.121. The van der Waals surface area contributed by atoms with Gasteiger partial charge in [-0.3, -0.25) is 4.79 Å². The largest absolute Gasteiger partial charge is 0.381 e. The molecule has 1 heterocycles. The second-order valence-corrected chi connectivity index (χ2v) is 6.08. The number of nitrogens with one attached hydrogen (secondary N) is 2. The minimum absolute atomic E-state index is 0.237.